The van der Waals surface area contributed by atoms with E-state index in [0.717, 1.165) is 29.9 Å². The lowest BCUT2D eigenvalue weighted by atomic mass is 10.0. The lowest BCUT2D eigenvalue weighted by Crippen LogP contribution is -2.54. The minimum absolute atomic E-state index is 0.124. The highest BCUT2D eigenvalue weighted by Crippen LogP contribution is 2.35. The molecule has 0 bridgehead atoms. The maximum Gasteiger partial charge on any atom is 0.256 e. The van der Waals surface area contributed by atoms with E-state index < -0.39 is 0 Å². The second kappa shape index (κ2) is 10.8. The Labute approximate surface area is 225 Å². The Hall–Kier alpha value is -4.28. The Morgan fingerprint density at radius 2 is 1.87 bits per heavy atom. The fraction of sp³-hybridized carbons (Fsp3) is 0.276. The summed E-state index contributed by atoms with van der Waals surface area (Å²) in [6, 6.07) is 10.4. The van der Waals surface area contributed by atoms with Crippen LogP contribution in [0.3, 0.4) is 0 Å². The highest BCUT2D eigenvalue weighted by Gasteiger charge is 2.27. The highest BCUT2D eigenvalue weighted by atomic mass is 19.1. The average Bonchev–Trinajstić information content (AvgIpc) is 3.38. The van der Waals surface area contributed by atoms with Crippen LogP contribution >= 0.6 is 0 Å². The molecule has 9 nitrogen and oxygen atoms in total. The zero-order valence-electron chi connectivity index (χ0n) is 22.0. The predicted molar refractivity (Wildman–Crippen MR) is 149 cm³/mol. The molecule has 202 valence electrons. The number of aromatic amines is 1. The molecular formula is C29H31FN6O3. The Bertz CT molecular complexity index is 1470. The fourth-order valence-electron chi connectivity index (χ4n) is 4.89. The van der Waals surface area contributed by atoms with Gasteiger partial charge in [-0.3, -0.25) is 14.4 Å². The summed E-state index contributed by atoms with van der Waals surface area (Å²) in [6.07, 6.45) is 1.74. The van der Waals surface area contributed by atoms with Crippen LogP contribution in [-0.4, -0.2) is 48.4 Å². The van der Waals surface area contributed by atoms with Gasteiger partial charge in [-0.15, -0.1) is 0 Å². The first-order valence-corrected chi connectivity index (χ1v) is 12.9. The van der Waals surface area contributed by atoms with E-state index in [1.165, 1.54) is 12.1 Å². The van der Waals surface area contributed by atoms with Crippen molar-refractivity contribution in [2.24, 2.45) is 0 Å². The molecule has 3 heterocycles. The number of hydrogen-bond donors (Lipinski definition) is 6. The van der Waals surface area contributed by atoms with Gasteiger partial charge < -0.3 is 31.6 Å². The van der Waals surface area contributed by atoms with E-state index >= 15 is 0 Å². The van der Waals surface area contributed by atoms with Gasteiger partial charge in [0.1, 0.15) is 5.82 Å². The normalized spacial score (nSPS) is 18.4. The molecule has 0 radical (unpaired) electrons. The molecular weight excluding hydrogens is 499 g/mol. The molecule has 0 aliphatic carbocycles. The summed E-state index contributed by atoms with van der Waals surface area (Å²) in [7, 11) is 0. The summed E-state index contributed by atoms with van der Waals surface area (Å²) < 4.78 is 13.3. The van der Waals surface area contributed by atoms with E-state index in [9.17, 15) is 18.8 Å². The topological polar surface area (TPSA) is 127 Å². The number of hydrogen-bond acceptors (Lipinski definition) is 5. The van der Waals surface area contributed by atoms with Gasteiger partial charge in [0.15, 0.2) is 0 Å². The first kappa shape index (κ1) is 26.3. The third kappa shape index (κ3) is 5.47. The van der Waals surface area contributed by atoms with Crippen LogP contribution in [0, 0.1) is 19.7 Å². The van der Waals surface area contributed by atoms with Crippen LogP contribution in [0.4, 0.5) is 15.8 Å². The third-order valence-corrected chi connectivity index (χ3v) is 7.15. The van der Waals surface area contributed by atoms with E-state index in [2.05, 4.69) is 31.6 Å². The molecule has 0 unspecified atom stereocenters. The molecule has 2 aromatic carbocycles. The summed E-state index contributed by atoms with van der Waals surface area (Å²) in [5.41, 5.74) is 5.75. The maximum atomic E-state index is 13.3. The molecule has 6 N–H and O–H groups in total. The van der Waals surface area contributed by atoms with E-state index in [-0.39, 0.29) is 35.6 Å². The fourth-order valence-corrected chi connectivity index (χ4v) is 4.89. The molecule has 2 aliphatic rings. The number of anilines is 2. The monoisotopic (exact) mass is 530 g/mol. The molecule has 1 aromatic heterocycles. The van der Waals surface area contributed by atoms with E-state index in [1.54, 1.807) is 36.4 Å². The van der Waals surface area contributed by atoms with Crippen molar-refractivity contribution in [2.75, 3.05) is 30.3 Å². The van der Waals surface area contributed by atoms with Crippen molar-refractivity contribution in [1.82, 2.24) is 20.9 Å². The molecule has 3 aromatic rings. The number of carbonyl (C=O) groups is 3. The molecule has 10 heteroatoms. The molecule has 2 atom stereocenters. The lowest BCUT2D eigenvalue weighted by molar-refractivity contribution is -0.118. The van der Waals surface area contributed by atoms with Crippen LogP contribution in [0.5, 0.6) is 0 Å². The summed E-state index contributed by atoms with van der Waals surface area (Å²) in [4.78, 5) is 41.9. The number of piperazine rings is 1. The number of rotatable bonds is 6. The molecule has 0 saturated carbocycles. The van der Waals surface area contributed by atoms with Gasteiger partial charge in [-0.1, -0.05) is 12.1 Å². The van der Waals surface area contributed by atoms with Crippen molar-refractivity contribution < 1.29 is 18.8 Å². The van der Waals surface area contributed by atoms with Crippen LogP contribution in [0.15, 0.2) is 42.5 Å². The highest BCUT2D eigenvalue weighted by molar-refractivity contribution is 6.35. The maximum absolute atomic E-state index is 13.3. The number of fused-ring (bicyclic) bond motifs is 1. The number of H-pyrrole nitrogens is 1. The van der Waals surface area contributed by atoms with E-state index in [1.807, 2.05) is 20.8 Å². The summed E-state index contributed by atoms with van der Waals surface area (Å²) >= 11 is 0. The molecule has 1 fully saturated rings. The zero-order valence-corrected chi connectivity index (χ0v) is 22.0. The SMILES string of the molecule is Cc1[nH]c(/C=C2\C(=O)Nc3ccc(C(=O)N[C@H](C)c4ccc(F)cc4)cc32)c(C)c1NC(=O)[C@H]1CNCCN1. The van der Waals surface area contributed by atoms with Crippen molar-refractivity contribution in [3.63, 3.8) is 0 Å². The average molecular weight is 531 g/mol. The second-order valence-corrected chi connectivity index (χ2v) is 9.88. The van der Waals surface area contributed by atoms with Crippen molar-refractivity contribution in [3.05, 3.63) is 81.9 Å². The largest absolute Gasteiger partial charge is 0.357 e. The number of amides is 3. The first-order valence-electron chi connectivity index (χ1n) is 12.9. The van der Waals surface area contributed by atoms with Crippen LogP contribution in [0.25, 0.3) is 11.6 Å². The molecule has 39 heavy (non-hydrogen) atoms. The minimum Gasteiger partial charge on any atom is -0.357 e. The Morgan fingerprint density at radius 3 is 2.59 bits per heavy atom. The van der Waals surface area contributed by atoms with Crippen LogP contribution < -0.4 is 26.6 Å². The van der Waals surface area contributed by atoms with Crippen LogP contribution in [0.1, 0.15) is 51.4 Å². The first-order chi connectivity index (χ1) is 18.7. The Balaban J connectivity index is 1.37. The quantitative estimate of drug-likeness (QED) is 0.273. The van der Waals surface area contributed by atoms with Crippen LogP contribution in [0.2, 0.25) is 0 Å². The molecule has 2 aliphatic heterocycles. The molecule has 5 rings (SSSR count). The van der Waals surface area contributed by atoms with Crippen molar-refractivity contribution >= 4 is 40.7 Å². The van der Waals surface area contributed by atoms with Gasteiger partial charge in [0, 0.05) is 47.8 Å². The number of aromatic nitrogens is 1. The van der Waals surface area contributed by atoms with Gasteiger partial charge in [-0.25, -0.2) is 4.39 Å². The van der Waals surface area contributed by atoms with Gasteiger partial charge in [0.2, 0.25) is 5.91 Å². The van der Waals surface area contributed by atoms with Gasteiger partial charge >= 0.3 is 0 Å². The lowest BCUT2D eigenvalue weighted by Gasteiger charge is -2.23. The molecule has 3 amide bonds. The predicted octanol–water partition coefficient (Wildman–Crippen LogP) is 3.25. The molecule has 1 saturated heterocycles. The number of halogens is 1. The van der Waals surface area contributed by atoms with Crippen molar-refractivity contribution in [1.29, 1.82) is 0 Å². The van der Waals surface area contributed by atoms with Crippen molar-refractivity contribution in [3.8, 4) is 0 Å². The number of benzene rings is 2. The Morgan fingerprint density at radius 1 is 1.10 bits per heavy atom. The van der Waals surface area contributed by atoms with Gasteiger partial charge in [-0.2, -0.15) is 0 Å². The summed E-state index contributed by atoms with van der Waals surface area (Å²) in [6.45, 7) is 7.67. The third-order valence-electron chi connectivity index (χ3n) is 7.15. The van der Waals surface area contributed by atoms with E-state index in [0.29, 0.717) is 40.3 Å². The van der Waals surface area contributed by atoms with Gasteiger partial charge in [0.25, 0.3) is 11.8 Å². The zero-order chi connectivity index (χ0) is 27.7. The van der Waals surface area contributed by atoms with E-state index in [4.69, 9.17) is 0 Å². The standard InChI is InChI=1S/C29H31FN6O3/c1-15-24(33-17(3)26(15)36-29(39)25-14-31-10-11-32-25)13-22-21-12-19(6-9-23(21)35-28(22)38)27(37)34-16(2)18-4-7-20(30)8-5-18/h4-9,12-13,16,25,31-33H,10-11,14H2,1-3H3,(H,34,37)(H,35,38)(H,36,39)/b22-13-/t16-,25-/m1/s1. The number of carbonyl (C=O) groups excluding carboxylic acids is 3. The van der Waals surface area contributed by atoms with Gasteiger partial charge in [0.05, 0.1) is 23.3 Å². The number of aryl methyl sites for hydroxylation is 1. The van der Waals surface area contributed by atoms with Crippen LogP contribution in [-0.2, 0) is 9.59 Å². The smallest absolute Gasteiger partial charge is 0.256 e. The summed E-state index contributed by atoms with van der Waals surface area (Å²) in [5, 5.41) is 15.2. The minimum atomic E-state index is -0.340. The summed E-state index contributed by atoms with van der Waals surface area (Å²) in [5.74, 6) is -1.05. The van der Waals surface area contributed by atoms with Gasteiger partial charge in [-0.05, 0) is 68.3 Å². The molecule has 0 spiro atoms. The Kier molecular flexibility index (Phi) is 7.32. The van der Waals surface area contributed by atoms with Crippen molar-refractivity contribution in [2.45, 2.75) is 32.9 Å². The second-order valence-electron chi connectivity index (χ2n) is 9.88. The number of nitrogens with one attached hydrogen (secondary N) is 6.